The number of benzene rings is 4. The second-order valence-corrected chi connectivity index (χ2v) is 16.2. The van der Waals surface area contributed by atoms with E-state index in [1.54, 1.807) is 12.1 Å². The van der Waals surface area contributed by atoms with Gasteiger partial charge in [-0.15, -0.1) is 0 Å². The van der Waals surface area contributed by atoms with Crippen LogP contribution in [-0.2, 0) is 32.0 Å². The van der Waals surface area contributed by atoms with Crippen LogP contribution in [0.2, 0.25) is 0 Å². The van der Waals surface area contributed by atoms with Crippen LogP contribution in [0.25, 0.3) is 0 Å². The van der Waals surface area contributed by atoms with E-state index in [2.05, 4.69) is 34.1 Å². The zero-order chi connectivity index (χ0) is 39.8. The second kappa shape index (κ2) is 18.5. The largest absolute Gasteiger partial charge is 0.423 e. The first-order valence-corrected chi connectivity index (χ1v) is 21.2. The fourth-order valence-electron chi connectivity index (χ4n) is 9.33. The number of ether oxygens (including phenoxy) is 2. The van der Waals surface area contributed by atoms with Crippen LogP contribution in [0.15, 0.2) is 97.1 Å². The van der Waals surface area contributed by atoms with Gasteiger partial charge in [-0.2, -0.15) is 0 Å². The number of carbonyl (C=O) groups is 4. The molecule has 2 unspecified atom stereocenters. The number of nitrogens with zero attached hydrogens (tertiary/aromatic N) is 4. The number of hydrogen-bond donors (Lipinski definition) is 0. The Morgan fingerprint density at radius 3 is 1.38 bits per heavy atom. The van der Waals surface area contributed by atoms with Crippen LogP contribution >= 0.6 is 0 Å². The number of carbonyl (C=O) groups excluding carboxylic acids is 4. The maximum Gasteiger partial charge on any atom is 0.423 e. The minimum Gasteiger partial charge on any atom is -0.418 e. The average molecular weight is 783 g/mol. The Balaban J connectivity index is 0.849. The topological polar surface area (TPSA) is 99.7 Å². The van der Waals surface area contributed by atoms with E-state index >= 15 is 0 Å². The summed E-state index contributed by atoms with van der Waals surface area (Å²) in [6.45, 7) is 6.69. The lowest BCUT2D eigenvalue weighted by molar-refractivity contribution is -0.156. The first kappa shape index (κ1) is 39.5. The Morgan fingerprint density at radius 1 is 0.517 bits per heavy atom. The predicted molar refractivity (Wildman–Crippen MR) is 224 cm³/mol. The van der Waals surface area contributed by atoms with Crippen LogP contribution in [0.3, 0.4) is 0 Å². The Morgan fingerprint density at radius 2 is 0.931 bits per heavy atom. The normalized spacial score (nSPS) is 20.4. The summed E-state index contributed by atoms with van der Waals surface area (Å²) in [5, 5.41) is 0. The highest BCUT2D eigenvalue weighted by atomic mass is 16.6. The van der Waals surface area contributed by atoms with Crippen LogP contribution < -0.4 is 19.3 Å². The Labute approximate surface area is 341 Å². The lowest BCUT2D eigenvalue weighted by atomic mass is 9.97. The standard InChI is InChI=1S/C48H54N4O6/c53-45-21-9-11-27-51(45)41-17-5-1-13-35(41)23-29-49-31-25-37(33-49)39-15-3-7-19-43(39)57-47(55)48(56)58-44-20-8-4-16-40(44)38-26-32-50(34-38)30-24-36-14-2-6-18-42(36)52-28-12-10-22-46(52)54/h1-8,13-20,37-38H,9-12,21-34H2. The van der Waals surface area contributed by atoms with Crippen molar-refractivity contribution in [3.8, 4) is 11.5 Å². The van der Waals surface area contributed by atoms with Crippen molar-refractivity contribution in [2.75, 3.05) is 62.2 Å². The molecule has 4 heterocycles. The molecule has 10 nitrogen and oxygen atoms in total. The lowest BCUT2D eigenvalue weighted by Crippen LogP contribution is -2.36. The Kier molecular flexibility index (Phi) is 12.6. The van der Waals surface area contributed by atoms with Crippen molar-refractivity contribution in [3.05, 3.63) is 119 Å². The summed E-state index contributed by atoms with van der Waals surface area (Å²) in [4.78, 5) is 60.7. The molecule has 8 rings (SSSR count). The van der Waals surface area contributed by atoms with Gasteiger partial charge < -0.3 is 29.1 Å². The van der Waals surface area contributed by atoms with E-state index in [4.69, 9.17) is 9.47 Å². The van der Waals surface area contributed by atoms with Gasteiger partial charge in [-0.05, 0) is 111 Å². The zero-order valence-corrected chi connectivity index (χ0v) is 33.4. The first-order chi connectivity index (χ1) is 28.4. The van der Waals surface area contributed by atoms with Crippen molar-refractivity contribution in [2.24, 2.45) is 0 Å². The molecule has 4 saturated heterocycles. The van der Waals surface area contributed by atoms with Crippen molar-refractivity contribution >= 4 is 35.1 Å². The molecule has 0 saturated carbocycles. The third-order valence-corrected chi connectivity index (χ3v) is 12.4. The summed E-state index contributed by atoms with van der Waals surface area (Å²) >= 11 is 0. The van der Waals surface area contributed by atoms with E-state index in [9.17, 15) is 19.2 Å². The van der Waals surface area contributed by atoms with Crippen molar-refractivity contribution in [3.63, 3.8) is 0 Å². The van der Waals surface area contributed by atoms with Crippen LogP contribution in [0.1, 0.15) is 85.5 Å². The van der Waals surface area contributed by atoms with E-state index < -0.39 is 11.9 Å². The van der Waals surface area contributed by atoms with Gasteiger partial charge in [0.05, 0.1) is 0 Å². The van der Waals surface area contributed by atoms with Crippen LogP contribution in [0.4, 0.5) is 11.4 Å². The molecule has 4 aromatic carbocycles. The van der Waals surface area contributed by atoms with Gasteiger partial charge in [0.2, 0.25) is 11.8 Å². The van der Waals surface area contributed by atoms with E-state index in [0.717, 1.165) is 126 Å². The maximum atomic E-state index is 13.3. The number of amides is 2. The van der Waals surface area contributed by atoms with Gasteiger partial charge in [0.25, 0.3) is 0 Å². The van der Waals surface area contributed by atoms with E-state index in [-0.39, 0.29) is 23.7 Å². The number of hydrogen-bond acceptors (Lipinski definition) is 8. The molecule has 4 aliphatic heterocycles. The second-order valence-electron chi connectivity index (χ2n) is 16.2. The quantitative estimate of drug-likeness (QED) is 0.0840. The monoisotopic (exact) mass is 782 g/mol. The van der Waals surface area contributed by atoms with Gasteiger partial charge >= 0.3 is 11.9 Å². The maximum absolute atomic E-state index is 13.3. The van der Waals surface area contributed by atoms with Crippen molar-refractivity contribution in [2.45, 2.75) is 76.0 Å². The van der Waals surface area contributed by atoms with Crippen LogP contribution in [-0.4, -0.2) is 85.9 Å². The van der Waals surface area contributed by atoms with Gasteiger partial charge in [0.1, 0.15) is 11.5 Å². The van der Waals surface area contributed by atoms with Crippen LogP contribution in [0, 0.1) is 0 Å². The van der Waals surface area contributed by atoms with E-state index in [1.807, 2.05) is 70.5 Å². The van der Waals surface area contributed by atoms with Gasteiger partial charge in [0, 0.05) is 75.3 Å². The summed E-state index contributed by atoms with van der Waals surface area (Å²) < 4.78 is 11.5. The highest BCUT2D eigenvalue weighted by molar-refractivity contribution is 6.31. The molecule has 302 valence electrons. The fourth-order valence-corrected chi connectivity index (χ4v) is 9.33. The Hall–Kier alpha value is -5.32. The summed E-state index contributed by atoms with van der Waals surface area (Å²) in [7, 11) is 0. The minimum atomic E-state index is -1.04. The highest BCUT2D eigenvalue weighted by Gasteiger charge is 2.31. The molecule has 0 spiro atoms. The summed E-state index contributed by atoms with van der Waals surface area (Å²) in [6, 6.07) is 31.4. The molecule has 0 bridgehead atoms. The molecule has 0 radical (unpaired) electrons. The third-order valence-electron chi connectivity index (χ3n) is 12.4. The highest BCUT2D eigenvalue weighted by Crippen LogP contribution is 2.36. The van der Waals surface area contributed by atoms with Gasteiger partial charge in [-0.1, -0.05) is 72.8 Å². The smallest absolute Gasteiger partial charge is 0.418 e. The molecule has 4 aromatic rings. The average Bonchev–Trinajstić information content (AvgIpc) is 3.94. The third kappa shape index (κ3) is 9.19. The fraction of sp³-hybridized carbons (Fsp3) is 0.417. The molecule has 2 amide bonds. The van der Waals surface area contributed by atoms with Crippen molar-refractivity contribution in [1.82, 2.24) is 9.80 Å². The molecule has 0 N–H and O–H groups in total. The van der Waals surface area contributed by atoms with Gasteiger partial charge in [-0.25, -0.2) is 9.59 Å². The molecule has 0 aromatic heterocycles. The molecular formula is C48H54N4O6. The molecule has 4 fully saturated rings. The van der Waals surface area contributed by atoms with Crippen molar-refractivity contribution in [1.29, 1.82) is 0 Å². The molecule has 10 heteroatoms. The number of para-hydroxylation sites is 4. The van der Waals surface area contributed by atoms with Gasteiger partial charge in [-0.3, -0.25) is 9.59 Å². The predicted octanol–water partition coefficient (Wildman–Crippen LogP) is 7.30. The molecular weight excluding hydrogens is 729 g/mol. The van der Waals surface area contributed by atoms with E-state index in [1.165, 1.54) is 11.1 Å². The number of likely N-dealkylation sites (tertiary alicyclic amines) is 2. The summed E-state index contributed by atoms with van der Waals surface area (Å²) in [5.41, 5.74) is 6.24. The van der Waals surface area contributed by atoms with Crippen LogP contribution in [0.5, 0.6) is 11.5 Å². The number of anilines is 2. The van der Waals surface area contributed by atoms with E-state index in [0.29, 0.717) is 24.3 Å². The first-order valence-electron chi connectivity index (χ1n) is 21.2. The minimum absolute atomic E-state index is 0.144. The number of piperidine rings is 2. The van der Waals surface area contributed by atoms with Crippen molar-refractivity contribution < 1.29 is 28.7 Å². The number of rotatable bonds is 12. The molecule has 58 heavy (non-hydrogen) atoms. The van der Waals surface area contributed by atoms with Gasteiger partial charge in [0.15, 0.2) is 0 Å². The SMILES string of the molecule is O=C(Oc1ccccc1C1CCN(CCc2ccccc2N2CCCCC2=O)C1)C(=O)Oc1ccccc1C1CCN(CCc2ccccc2N2CCCCC2=O)C1. The lowest BCUT2D eigenvalue weighted by Gasteiger charge is -2.29. The zero-order valence-electron chi connectivity index (χ0n) is 33.4. The number of esters is 2. The Bertz CT molecular complexity index is 1970. The summed E-state index contributed by atoms with van der Waals surface area (Å²) in [6.07, 6.45) is 8.69. The molecule has 2 atom stereocenters. The summed E-state index contributed by atoms with van der Waals surface area (Å²) in [5.74, 6) is -0.612. The molecule has 4 aliphatic rings. The molecule has 0 aliphatic carbocycles.